The number of rotatable bonds is 6. The molecule has 108 valence electrons. The molecule has 0 heterocycles. The Morgan fingerprint density at radius 2 is 1.74 bits per heavy atom. The van der Waals surface area contributed by atoms with Crippen LogP contribution in [0.4, 0.5) is 13.2 Å². The Morgan fingerprint density at radius 3 is 2.21 bits per heavy atom. The van der Waals surface area contributed by atoms with Crippen molar-refractivity contribution in [2.45, 2.75) is 45.2 Å². The van der Waals surface area contributed by atoms with Crippen LogP contribution in [-0.4, -0.2) is 24.9 Å². The van der Waals surface area contributed by atoms with Crippen molar-refractivity contribution in [3.63, 3.8) is 0 Å². The van der Waals surface area contributed by atoms with Crippen LogP contribution in [0, 0.1) is 0 Å². The molecule has 0 saturated carbocycles. The van der Waals surface area contributed by atoms with Gasteiger partial charge in [-0.05, 0) is 26.0 Å². The summed E-state index contributed by atoms with van der Waals surface area (Å²) >= 11 is 0. The minimum absolute atomic E-state index is 0.254. The fraction of sp³-hybridized carbons (Fsp3) is 0.571. The predicted octanol–water partition coefficient (Wildman–Crippen LogP) is 3.69. The third-order valence-corrected chi connectivity index (χ3v) is 2.93. The summed E-state index contributed by atoms with van der Waals surface area (Å²) < 4.78 is 42.6. The Labute approximate surface area is 112 Å². The maximum absolute atomic E-state index is 12.5. The van der Waals surface area contributed by atoms with Gasteiger partial charge in [0.15, 0.2) is 6.10 Å². The lowest BCUT2D eigenvalue weighted by Gasteiger charge is -2.29. The number of ether oxygens (including phenoxy) is 1. The molecule has 0 amide bonds. The predicted molar refractivity (Wildman–Crippen MR) is 68.9 cm³/mol. The molecule has 1 rings (SSSR count). The van der Waals surface area contributed by atoms with E-state index in [0.717, 1.165) is 12.5 Å². The monoisotopic (exact) mass is 275 g/mol. The maximum Gasteiger partial charge on any atom is 0.414 e. The van der Waals surface area contributed by atoms with Crippen molar-refractivity contribution in [1.29, 1.82) is 0 Å². The van der Waals surface area contributed by atoms with E-state index in [2.05, 4.69) is 5.32 Å². The Morgan fingerprint density at radius 1 is 1.16 bits per heavy atom. The summed E-state index contributed by atoms with van der Waals surface area (Å²) in [6.07, 6.45) is -6.67. The summed E-state index contributed by atoms with van der Waals surface area (Å²) in [7, 11) is 0. The van der Waals surface area contributed by atoms with Crippen LogP contribution >= 0.6 is 0 Å². The molecule has 3 atom stereocenters. The second kappa shape index (κ2) is 6.91. The molecule has 0 fully saturated rings. The zero-order chi connectivity index (χ0) is 14.5. The summed E-state index contributed by atoms with van der Waals surface area (Å²) in [5, 5.41) is 3.16. The number of halogens is 3. The van der Waals surface area contributed by atoms with E-state index < -0.39 is 18.4 Å². The lowest BCUT2D eigenvalue weighted by Crippen LogP contribution is -2.38. The van der Waals surface area contributed by atoms with Gasteiger partial charge in [-0.2, -0.15) is 13.2 Å². The van der Waals surface area contributed by atoms with Crippen LogP contribution in [-0.2, 0) is 4.74 Å². The van der Waals surface area contributed by atoms with E-state index in [9.17, 15) is 13.2 Å². The highest BCUT2D eigenvalue weighted by atomic mass is 19.4. The molecular formula is C14H20F3NO. The number of benzene rings is 1. The van der Waals surface area contributed by atoms with Crippen molar-refractivity contribution in [3.05, 3.63) is 35.9 Å². The lowest BCUT2D eigenvalue weighted by molar-refractivity contribution is -0.227. The Hall–Kier alpha value is -1.07. The number of hydrogen-bond acceptors (Lipinski definition) is 2. The first-order valence-corrected chi connectivity index (χ1v) is 6.36. The van der Waals surface area contributed by atoms with E-state index in [1.54, 1.807) is 6.92 Å². The van der Waals surface area contributed by atoms with Crippen LogP contribution in [0.2, 0.25) is 0 Å². The minimum Gasteiger partial charge on any atom is -0.364 e. The first kappa shape index (κ1) is 16.0. The zero-order valence-electron chi connectivity index (χ0n) is 11.4. The number of likely N-dealkylation sites (N-methyl/N-ethyl adjacent to an activating group) is 1. The van der Waals surface area contributed by atoms with Crippen molar-refractivity contribution in [1.82, 2.24) is 5.32 Å². The van der Waals surface area contributed by atoms with E-state index in [1.165, 1.54) is 0 Å². The molecular weight excluding hydrogens is 255 g/mol. The minimum atomic E-state index is -4.33. The first-order chi connectivity index (χ1) is 8.86. The fourth-order valence-corrected chi connectivity index (χ4v) is 1.91. The van der Waals surface area contributed by atoms with Gasteiger partial charge in [-0.1, -0.05) is 37.3 Å². The highest BCUT2D eigenvalue weighted by molar-refractivity contribution is 5.20. The van der Waals surface area contributed by atoms with E-state index >= 15 is 0 Å². The SMILES string of the molecule is CCNC(c1ccccc1)C(C)OC(C)C(F)(F)F. The molecule has 3 unspecified atom stereocenters. The van der Waals surface area contributed by atoms with Crippen LogP contribution in [0.15, 0.2) is 30.3 Å². The summed E-state index contributed by atoms with van der Waals surface area (Å²) in [5.41, 5.74) is 0.922. The van der Waals surface area contributed by atoms with E-state index in [4.69, 9.17) is 4.74 Å². The highest BCUT2D eigenvalue weighted by Gasteiger charge is 2.39. The molecule has 0 saturated heterocycles. The molecule has 0 bridgehead atoms. The van der Waals surface area contributed by atoms with Gasteiger partial charge < -0.3 is 10.1 Å². The molecule has 0 aliphatic carbocycles. The van der Waals surface area contributed by atoms with E-state index in [0.29, 0.717) is 6.54 Å². The van der Waals surface area contributed by atoms with Gasteiger partial charge >= 0.3 is 6.18 Å². The van der Waals surface area contributed by atoms with Crippen molar-refractivity contribution in [3.8, 4) is 0 Å². The van der Waals surface area contributed by atoms with Crippen molar-refractivity contribution < 1.29 is 17.9 Å². The van der Waals surface area contributed by atoms with Gasteiger partial charge in [0.25, 0.3) is 0 Å². The molecule has 0 aromatic heterocycles. The third-order valence-electron chi connectivity index (χ3n) is 2.93. The average Bonchev–Trinajstić information content (AvgIpc) is 2.35. The topological polar surface area (TPSA) is 21.3 Å². The summed E-state index contributed by atoms with van der Waals surface area (Å²) in [6, 6.07) is 9.10. The quantitative estimate of drug-likeness (QED) is 0.855. The molecule has 2 nitrogen and oxygen atoms in total. The standard InChI is InChI=1S/C14H20F3NO/c1-4-18-13(12-8-6-5-7-9-12)10(2)19-11(3)14(15,16)17/h5-11,13,18H,4H2,1-3H3. The Balaban J connectivity index is 2.77. The molecule has 5 heteroatoms. The summed E-state index contributed by atoms with van der Waals surface area (Å²) in [6.45, 7) is 5.26. The number of alkyl halides is 3. The van der Waals surface area contributed by atoms with Crippen LogP contribution < -0.4 is 5.32 Å². The second-order valence-electron chi connectivity index (χ2n) is 4.47. The molecule has 1 aromatic rings. The molecule has 0 aliphatic heterocycles. The van der Waals surface area contributed by atoms with Gasteiger partial charge in [0.1, 0.15) is 0 Å². The lowest BCUT2D eigenvalue weighted by atomic mass is 10.0. The molecule has 0 spiro atoms. The second-order valence-corrected chi connectivity index (χ2v) is 4.47. The Bertz CT molecular complexity index is 367. The van der Waals surface area contributed by atoms with Crippen LogP contribution in [0.5, 0.6) is 0 Å². The van der Waals surface area contributed by atoms with Crippen LogP contribution in [0.3, 0.4) is 0 Å². The van der Waals surface area contributed by atoms with Gasteiger partial charge in [0.05, 0.1) is 12.1 Å². The molecule has 0 aliphatic rings. The molecule has 0 radical (unpaired) electrons. The third kappa shape index (κ3) is 4.84. The highest BCUT2D eigenvalue weighted by Crippen LogP contribution is 2.27. The van der Waals surface area contributed by atoms with Gasteiger partial charge in [-0.15, -0.1) is 0 Å². The largest absolute Gasteiger partial charge is 0.414 e. The summed E-state index contributed by atoms with van der Waals surface area (Å²) in [4.78, 5) is 0. The smallest absolute Gasteiger partial charge is 0.364 e. The fourth-order valence-electron chi connectivity index (χ4n) is 1.91. The van der Waals surface area contributed by atoms with Gasteiger partial charge in [0.2, 0.25) is 0 Å². The van der Waals surface area contributed by atoms with Crippen LogP contribution in [0.1, 0.15) is 32.4 Å². The molecule has 1 N–H and O–H groups in total. The van der Waals surface area contributed by atoms with Crippen LogP contribution in [0.25, 0.3) is 0 Å². The zero-order valence-corrected chi connectivity index (χ0v) is 11.4. The molecule has 19 heavy (non-hydrogen) atoms. The van der Waals surface area contributed by atoms with Crippen molar-refractivity contribution >= 4 is 0 Å². The van der Waals surface area contributed by atoms with E-state index in [1.807, 2.05) is 37.3 Å². The summed E-state index contributed by atoms with van der Waals surface area (Å²) in [5.74, 6) is 0. The van der Waals surface area contributed by atoms with Crippen molar-refractivity contribution in [2.24, 2.45) is 0 Å². The average molecular weight is 275 g/mol. The number of nitrogens with one attached hydrogen (secondary N) is 1. The number of hydrogen-bond donors (Lipinski definition) is 1. The molecule has 1 aromatic carbocycles. The van der Waals surface area contributed by atoms with E-state index in [-0.39, 0.29) is 6.04 Å². The first-order valence-electron chi connectivity index (χ1n) is 6.36. The maximum atomic E-state index is 12.5. The van der Waals surface area contributed by atoms with Crippen molar-refractivity contribution in [2.75, 3.05) is 6.54 Å². The Kier molecular flexibility index (Phi) is 5.82. The van der Waals surface area contributed by atoms with Gasteiger partial charge in [-0.3, -0.25) is 0 Å². The van der Waals surface area contributed by atoms with Gasteiger partial charge in [-0.25, -0.2) is 0 Å². The normalized spacial score (nSPS) is 16.9. The van der Waals surface area contributed by atoms with Gasteiger partial charge in [0, 0.05) is 0 Å².